The fraction of sp³-hybridized carbons (Fsp3) is 0.680. The lowest BCUT2D eigenvalue weighted by Crippen LogP contribution is -2.50. The molecule has 6 rings (SSSR count). The van der Waals surface area contributed by atoms with E-state index in [-0.39, 0.29) is 11.0 Å². The summed E-state index contributed by atoms with van der Waals surface area (Å²) in [5.74, 6) is 3.65. The third-order valence-electron chi connectivity index (χ3n) is 8.06. The molecule has 1 aromatic carbocycles. The molecule has 1 aliphatic heterocycles. The van der Waals surface area contributed by atoms with Crippen LogP contribution in [0.4, 0.5) is 0 Å². The van der Waals surface area contributed by atoms with Gasteiger partial charge in [0, 0.05) is 23.9 Å². The molecule has 1 heterocycles. The van der Waals surface area contributed by atoms with E-state index in [9.17, 15) is 4.79 Å². The number of ether oxygens (including phenoxy) is 1. The summed E-state index contributed by atoms with van der Waals surface area (Å²) in [5, 5.41) is 0. The first-order valence-electron chi connectivity index (χ1n) is 11.3. The average molecular weight is 395 g/mol. The zero-order valence-electron chi connectivity index (χ0n) is 18.1. The number of methoxy groups -OCH3 is 1. The third-order valence-corrected chi connectivity index (χ3v) is 8.06. The van der Waals surface area contributed by atoms with Crippen LogP contribution in [0.5, 0.6) is 5.75 Å². The van der Waals surface area contributed by atoms with E-state index < -0.39 is 0 Å². The molecule has 156 valence electrons. The van der Waals surface area contributed by atoms with Gasteiger partial charge in [0.05, 0.1) is 18.4 Å². The molecule has 1 aromatic rings. The fourth-order valence-corrected chi connectivity index (χ4v) is 7.29. The van der Waals surface area contributed by atoms with Crippen LogP contribution in [0.15, 0.2) is 17.1 Å². The molecule has 0 aromatic heterocycles. The summed E-state index contributed by atoms with van der Waals surface area (Å²) >= 11 is 0. The molecule has 0 spiro atoms. The molecule has 0 atom stereocenters. The van der Waals surface area contributed by atoms with Gasteiger partial charge in [-0.15, -0.1) is 0 Å². The standard InChI is InChI=1S/C25H34N2O2/c1-24(2)13-18-8-22(29-3)19(14-26)7-20(18)21(27-24)9-23(28)25-10-15-4-16(11-25)6-17(5-15)12-25/h7-8,15-17H,4-6,9-14,26H2,1-3H3. The van der Waals surface area contributed by atoms with E-state index in [1.165, 1.54) is 24.8 Å². The van der Waals surface area contributed by atoms with Crippen LogP contribution in [0.1, 0.15) is 75.5 Å². The molecule has 4 heteroatoms. The van der Waals surface area contributed by atoms with Gasteiger partial charge in [-0.1, -0.05) is 0 Å². The minimum absolute atomic E-state index is 0.0673. The van der Waals surface area contributed by atoms with Crippen LogP contribution in [-0.2, 0) is 17.8 Å². The number of hydrogen-bond donors (Lipinski definition) is 1. The highest BCUT2D eigenvalue weighted by Gasteiger charge is 2.54. The SMILES string of the molecule is COc1cc2c(cc1CN)C(CC(=O)C13CC4CC(CC(C4)C1)C3)=NC(C)(C)C2. The van der Waals surface area contributed by atoms with Crippen molar-refractivity contribution < 1.29 is 9.53 Å². The maximum Gasteiger partial charge on any atom is 0.145 e. The number of carbonyl (C=O) groups is 1. The second kappa shape index (κ2) is 6.66. The predicted molar refractivity (Wildman–Crippen MR) is 115 cm³/mol. The summed E-state index contributed by atoms with van der Waals surface area (Å²) in [6.45, 7) is 4.75. The number of Topliss-reactive ketones (excluding diaryl/α,β-unsaturated/α-hetero) is 1. The molecule has 5 aliphatic rings. The van der Waals surface area contributed by atoms with E-state index in [2.05, 4.69) is 26.0 Å². The maximum atomic E-state index is 13.7. The maximum absolute atomic E-state index is 13.7. The number of benzene rings is 1. The van der Waals surface area contributed by atoms with Gasteiger partial charge in [0.2, 0.25) is 0 Å². The first kappa shape index (κ1) is 19.3. The van der Waals surface area contributed by atoms with Crippen molar-refractivity contribution in [3.8, 4) is 5.75 Å². The molecule has 2 N–H and O–H groups in total. The van der Waals surface area contributed by atoms with Gasteiger partial charge in [-0.3, -0.25) is 9.79 Å². The summed E-state index contributed by atoms with van der Waals surface area (Å²) in [5.41, 5.74) is 10.0. The van der Waals surface area contributed by atoms with Gasteiger partial charge in [-0.2, -0.15) is 0 Å². The highest BCUT2D eigenvalue weighted by atomic mass is 16.5. The van der Waals surface area contributed by atoms with Gasteiger partial charge in [-0.25, -0.2) is 0 Å². The first-order chi connectivity index (χ1) is 13.8. The Hall–Kier alpha value is -1.68. The summed E-state index contributed by atoms with van der Waals surface area (Å²) < 4.78 is 5.56. The van der Waals surface area contributed by atoms with E-state index in [1.54, 1.807) is 7.11 Å². The van der Waals surface area contributed by atoms with Crippen LogP contribution in [0.3, 0.4) is 0 Å². The zero-order chi connectivity index (χ0) is 20.4. The van der Waals surface area contributed by atoms with Crippen LogP contribution in [0.25, 0.3) is 0 Å². The molecular weight excluding hydrogens is 360 g/mol. The fourth-order valence-electron chi connectivity index (χ4n) is 7.29. The van der Waals surface area contributed by atoms with Crippen molar-refractivity contribution >= 4 is 11.5 Å². The Balaban J connectivity index is 1.48. The van der Waals surface area contributed by atoms with E-state index in [0.29, 0.717) is 18.7 Å². The highest BCUT2D eigenvalue weighted by molar-refractivity contribution is 6.14. The molecule has 4 bridgehead atoms. The summed E-state index contributed by atoms with van der Waals surface area (Å²) in [6.07, 6.45) is 8.79. The molecule has 4 saturated carbocycles. The minimum atomic E-state index is -0.195. The lowest BCUT2D eigenvalue weighted by atomic mass is 9.48. The molecule has 29 heavy (non-hydrogen) atoms. The van der Waals surface area contributed by atoms with Crippen LogP contribution in [0, 0.1) is 23.2 Å². The summed E-state index contributed by atoms with van der Waals surface area (Å²) in [4.78, 5) is 18.8. The van der Waals surface area contributed by atoms with Crippen molar-refractivity contribution in [3.63, 3.8) is 0 Å². The van der Waals surface area contributed by atoms with Crippen molar-refractivity contribution in [2.45, 2.75) is 77.3 Å². The lowest BCUT2D eigenvalue weighted by Gasteiger charge is -2.56. The van der Waals surface area contributed by atoms with Crippen LogP contribution in [-0.4, -0.2) is 24.1 Å². The van der Waals surface area contributed by atoms with Crippen molar-refractivity contribution in [2.24, 2.45) is 33.9 Å². The number of hydrogen-bond acceptors (Lipinski definition) is 4. The van der Waals surface area contributed by atoms with E-state index in [4.69, 9.17) is 15.5 Å². The molecular formula is C25H34N2O2. The molecule has 0 saturated heterocycles. The van der Waals surface area contributed by atoms with Crippen molar-refractivity contribution in [2.75, 3.05) is 7.11 Å². The van der Waals surface area contributed by atoms with E-state index >= 15 is 0 Å². The number of aliphatic imine (C=N–C) groups is 1. The normalized spacial score (nSPS) is 33.9. The third kappa shape index (κ3) is 3.24. The van der Waals surface area contributed by atoms with Crippen molar-refractivity contribution in [3.05, 3.63) is 28.8 Å². The Morgan fingerprint density at radius 3 is 2.31 bits per heavy atom. The van der Waals surface area contributed by atoms with E-state index in [1.807, 2.05) is 0 Å². The minimum Gasteiger partial charge on any atom is -0.496 e. The Morgan fingerprint density at radius 2 is 1.76 bits per heavy atom. The number of nitrogens with two attached hydrogens (primary N) is 1. The number of ketones is 1. The highest BCUT2D eigenvalue weighted by Crippen LogP contribution is 2.60. The second-order valence-corrected chi connectivity index (χ2v) is 10.9. The van der Waals surface area contributed by atoms with Gasteiger partial charge in [-0.05, 0) is 99.8 Å². The Kier molecular flexibility index (Phi) is 4.43. The largest absolute Gasteiger partial charge is 0.496 e. The Morgan fingerprint density at radius 1 is 1.14 bits per heavy atom. The molecule has 4 aliphatic carbocycles. The van der Waals surface area contributed by atoms with Gasteiger partial charge in [0.25, 0.3) is 0 Å². The smallest absolute Gasteiger partial charge is 0.145 e. The summed E-state index contributed by atoms with van der Waals surface area (Å²) in [6, 6.07) is 4.23. The van der Waals surface area contributed by atoms with Crippen LogP contribution >= 0.6 is 0 Å². The average Bonchev–Trinajstić information content (AvgIpc) is 2.65. The Bertz CT molecular complexity index is 848. The van der Waals surface area contributed by atoms with Crippen LogP contribution in [0.2, 0.25) is 0 Å². The molecule has 0 radical (unpaired) electrons. The van der Waals surface area contributed by atoms with Gasteiger partial charge in [0.15, 0.2) is 0 Å². The van der Waals surface area contributed by atoms with Crippen LogP contribution < -0.4 is 10.5 Å². The molecule has 0 amide bonds. The lowest BCUT2D eigenvalue weighted by molar-refractivity contribution is -0.142. The number of fused-ring (bicyclic) bond motifs is 1. The summed E-state index contributed by atoms with van der Waals surface area (Å²) in [7, 11) is 1.69. The van der Waals surface area contributed by atoms with Crippen molar-refractivity contribution in [1.82, 2.24) is 0 Å². The van der Waals surface area contributed by atoms with Gasteiger partial charge >= 0.3 is 0 Å². The quantitative estimate of drug-likeness (QED) is 0.802. The first-order valence-corrected chi connectivity index (χ1v) is 11.3. The van der Waals surface area contributed by atoms with Gasteiger partial charge in [0.1, 0.15) is 11.5 Å². The topological polar surface area (TPSA) is 64.7 Å². The number of carbonyl (C=O) groups excluding carboxylic acids is 1. The van der Waals surface area contributed by atoms with Gasteiger partial charge < -0.3 is 10.5 Å². The van der Waals surface area contributed by atoms with Crippen molar-refractivity contribution in [1.29, 1.82) is 0 Å². The molecule has 0 unspecified atom stereocenters. The number of nitrogens with zero attached hydrogens (tertiary/aromatic N) is 1. The molecule has 4 nitrogen and oxygen atoms in total. The Labute approximate surface area is 174 Å². The molecule has 4 fully saturated rings. The second-order valence-electron chi connectivity index (χ2n) is 10.9. The zero-order valence-corrected chi connectivity index (χ0v) is 18.1. The monoisotopic (exact) mass is 394 g/mol. The van der Waals surface area contributed by atoms with E-state index in [0.717, 1.165) is 66.0 Å². The predicted octanol–water partition coefficient (Wildman–Crippen LogP) is 4.45. The number of rotatable bonds is 5.